The van der Waals surface area contributed by atoms with Gasteiger partial charge in [0.25, 0.3) is 0 Å². The van der Waals surface area contributed by atoms with Gasteiger partial charge in [0.05, 0.1) is 0 Å². The first kappa shape index (κ1) is 6.56. The smallest absolute Gasteiger partial charge is 0.115 e. The third kappa shape index (κ3) is 1.46. The van der Waals surface area contributed by atoms with Gasteiger partial charge < -0.3 is 4.74 Å². The highest BCUT2D eigenvalue weighted by Gasteiger charge is 2.17. The molecule has 0 aromatic carbocycles. The van der Waals surface area contributed by atoms with Crippen LogP contribution in [0.25, 0.3) is 0 Å². The van der Waals surface area contributed by atoms with Crippen LogP contribution in [0.5, 0.6) is 0 Å². The first-order chi connectivity index (χ1) is 3.80. The maximum atomic E-state index is 5.31. The average Bonchev–Trinajstić information content (AvgIpc) is 1.77. The van der Waals surface area contributed by atoms with Crippen molar-refractivity contribution in [1.82, 2.24) is 0 Å². The van der Waals surface area contributed by atoms with Crippen molar-refractivity contribution in [3.8, 4) is 0 Å². The first-order valence-corrected chi connectivity index (χ1v) is 3.98. The van der Waals surface area contributed by atoms with Crippen LogP contribution in [-0.4, -0.2) is 11.6 Å². The van der Waals surface area contributed by atoms with Crippen molar-refractivity contribution in [2.75, 3.05) is 6.61 Å². The Kier molecular flexibility index (Phi) is 2.32. The monoisotopic (exact) mass is 178 g/mol. The summed E-state index contributed by atoms with van der Waals surface area (Å²) < 4.78 is 5.31. The fourth-order valence-electron chi connectivity index (χ4n) is 0.897. The van der Waals surface area contributed by atoms with E-state index < -0.39 is 0 Å². The Bertz CT molecular complexity index is 64.9. The van der Waals surface area contributed by atoms with Gasteiger partial charge in [0.2, 0.25) is 0 Å². The van der Waals surface area contributed by atoms with E-state index in [1.807, 2.05) is 0 Å². The molecule has 0 aromatic rings. The Morgan fingerprint density at radius 3 is 2.75 bits per heavy atom. The van der Waals surface area contributed by atoms with E-state index in [1.54, 1.807) is 0 Å². The Labute approximate surface area is 58.5 Å². The highest BCUT2D eigenvalue weighted by Crippen LogP contribution is 2.23. The molecule has 0 aliphatic carbocycles. The molecule has 0 radical (unpaired) electrons. The maximum Gasteiger partial charge on any atom is 0.115 e. The number of rotatable bonds is 0. The van der Waals surface area contributed by atoms with E-state index in [0.29, 0.717) is 10.9 Å². The molecule has 0 aromatic heterocycles. The largest absolute Gasteiger partial charge is 0.367 e. The van der Waals surface area contributed by atoms with Gasteiger partial charge in [-0.15, -0.1) is 0 Å². The topological polar surface area (TPSA) is 9.23 Å². The summed E-state index contributed by atoms with van der Waals surface area (Å²) in [4.78, 5) is 0. The minimum absolute atomic E-state index is 0.316. The van der Waals surface area contributed by atoms with Crippen molar-refractivity contribution in [2.45, 2.75) is 24.8 Å². The second kappa shape index (κ2) is 2.83. The number of halogens is 1. The minimum Gasteiger partial charge on any atom is -0.367 e. The Balaban J connectivity index is 2.28. The molecule has 0 N–H and O–H groups in total. The molecule has 1 aliphatic rings. The normalized spacial score (nSPS) is 39.8. The van der Waals surface area contributed by atoms with Crippen molar-refractivity contribution in [3.63, 3.8) is 0 Å². The van der Waals surface area contributed by atoms with E-state index in [-0.39, 0.29) is 0 Å². The summed E-state index contributed by atoms with van der Waals surface area (Å²) in [6, 6.07) is 0. The van der Waals surface area contributed by atoms with E-state index in [4.69, 9.17) is 4.74 Å². The molecule has 0 amide bonds. The van der Waals surface area contributed by atoms with Crippen LogP contribution in [0.3, 0.4) is 0 Å². The van der Waals surface area contributed by atoms with E-state index >= 15 is 0 Å². The number of hydrogen-bond acceptors (Lipinski definition) is 1. The quantitative estimate of drug-likeness (QED) is 0.517. The second-order valence-corrected chi connectivity index (χ2v) is 3.24. The van der Waals surface area contributed by atoms with E-state index in [1.165, 1.54) is 12.8 Å². The maximum absolute atomic E-state index is 5.31. The lowest BCUT2D eigenvalue weighted by Crippen LogP contribution is -2.21. The highest BCUT2D eigenvalue weighted by molar-refractivity contribution is 9.09. The summed E-state index contributed by atoms with van der Waals surface area (Å²) in [5, 5.41) is 0.316. The van der Waals surface area contributed by atoms with Crippen molar-refractivity contribution < 1.29 is 4.74 Å². The summed E-state index contributed by atoms with van der Waals surface area (Å²) in [7, 11) is 0. The van der Waals surface area contributed by atoms with E-state index in [0.717, 1.165) is 6.61 Å². The lowest BCUT2D eigenvalue weighted by molar-refractivity contribution is 0.0413. The minimum atomic E-state index is 0.316. The van der Waals surface area contributed by atoms with Crippen LogP contribution in [0, 0.1) is 5.92 Å². The fourth-order valence-corrected chi connectivity index (χ4v) is 1.35. The summed E-state index contributed by atoms with van der Waals surface area (Å²) in [6.45, 7) is 3.14. The Morgan fingerprint density at radius 2 is 2.38 bits per heavy atom. The van der Waals surface area contributed by atoms with Gasteiger partial charge in [-0.3, -0.25) is 0 Å². The van der Waals surface area contributed by atoms with E-state index in [9.17, 15) is 0 Å². The summed E-state index contributed by atoms with van der Waals surface area (Å²) in [5.74, 6) is 0.698. The van der Waals surface area contributed by atoms with Crippen molar-refractivity contribution in [1.29, 1.82) is 0 Å². The third-order valence-corrected chi connectivity index (χ3v) is 2.70. The predicted octanol–water partition coefficient (Wildman–Crippen LogP) is 2.15. The molecular weight excluding hydrogens is 168 g/mol. The standard InChI is InChI=1S/C6H11BrO/c1-5-3-2-4-8-6(5)7/h5-6H,2-4H2,1H3. The Morgan fingerprint density at radius 1 is 1.62 bits per heavy atom. The molecular formula is C6H11BrO. The molecule has 1 aliphatic heterocycles. The van der Waals surface area contributed by atoms with Crippen LogP contribution >= 0.6 is 15.9 Å². The van der Waals surface area contributed by atoms with Crippen LogP contribution < -0.4 is 0 Å². The van der Waals surface area contributed by atoms with Crippen LogP contribution in [0.4, 0.5) is 0 Å². The molecule has 8 heavy (non-hydrogen) atoms. The predicted molar refractivity (Wildman–Crippen MR) is 37.1 cm³/mol. The molecule has 1 rings (SSSR count). The SMILES string of the molecule is CC1CCCOC1Br. The summed E-state index contributed by atoms with van der Waals surface area (Å²) >= 11 is 3.43. The zero-order valence-corrected chi connectivity index (χ0v) is 6.65. The molecule has 1 fully saturated rings. The zero-order chi connectivity index (χ0) is 5.98. The van der Waals surface area contributed by atoms with Gasteiger partial charge in [-0.05, 0) is 18.8 Å². The average molecular weight is 179 g/mol. The lowest BCUT2D eigenvalue weighted by Gasteiger charge is -2.23. The second-order valence-electron chi connectivity index (χ2n) is 2.34. The van der Waals surface area contributed by atoms with Crippen molar-refractivity contribution in [2.24, 2.45) is 5.92 Å². The molecule has 1 heterocycles. The Hall–Kier alpha value is 0.440. The van der Waals surface area contributed by atoms with Gasteiger partial charge in [0.15, 0.2) is 0 Å². The van der Waals surface area contributed by atoms with Gasteiger partial charge in [-0.1, -0.05) is 22.9 Å². The van der Waals surface area contributed by atoms with Gasteiger partial charge in [0.1, 0.15) is 5.01 Å². The lowest BCUT2D eigenvalue weighted by atomic mass is 10.1. The molecule has 48 valence electrons. The molecule has 0 spiro atoms. The van der Waals surface area contributed by atoms with E-state index in [2.05, 4.69) is 22.9 Å². The van der Waals surface area contributed by atoms with Gasteiger partial charge in [-0.2, -0.15) is 0 Å². The first-order valence-electron chi connectivity index (χ1n) is 3.06. The molecule has 2 atom stereocenters. The van der Waals surface area contributed by atoms with Gasteiger partial charge >= 0.3 is 0 Å². The van der Waals surface area contributed by atoms with Gasteiger partial charge in [-0.25, -0.2) is 0 Å². The van der Waals surface area contributed by atoms with Crippen molar-refractivity contribution >= 4 is 15.9 Å². The van der Waals surface area contributed by atoms with Crippen LogP contribution in [0.15, 0.2) is 0 Å². The van der Waals surface area contributed by atoms with Crippen LogP contribution in [0.1, 0.15) is 19.8 Å². The summed E-state index contributed by atoms with van der Waals surface area (Å²) in [6.07, 6.45) is 2.53. The number of hydrogen-bond donors (Lipinski definition) is 0. The number of ether oxygens (including phenoxy) is 1. The molecule has 1 saturated heterocycles. The zero-order valence-electron chi connectivity index (χ0n) is 5.06. The van der Waals surface area contributed by atoms with Crippen molar-refractivity contribution in [3.05, 3.63) is 0 Å². The molecule has 0 saturated carbocycles. The molecule has 1 nitrogen and oxygen atoms in total. The third-order valence-electron chi connectivity index (χ3n) is 1.53. The highest BCUT2D eigenvalue weighted by atomic mass is 79.9. The molecule has 2 unspecified atom stereocenters. The summed E-state index contributed by atoms with van der Waals surface area (Å²) in [5.41, 5.74) is 0. The van der Waals surface area contributed by atoms with Gasteiger partial charge in [0, 0.05) is 6.61 Å². The fraction of sp³-hybridized carbons (Fsp3) is 1.00. The van der Waals surface area contributed by atoms with Crippen LogP contribution in [-0.2, 0) is 4.74 Å². The molecule has 2 heteroatoms. The number of alkyl halides is 1. The van der Waals surface area contributed by atoms with Crippen LogP contribution in [0.2, 0.25) is 0 Å². The molecule has 0 bridgehead atoms.